The predicted octanol–water partition coefficient (Wildman–Crippen LogP) is 3.35. The minimum absolute atomic E-state index is 0.155. The van der Waals surface area contributed by atoms with Crippen molar-refractivity contribution < 1.29 is 13.6 Å². The number of carbonyl (C=O) groups excluding carboxylic acids is 1. The van der Waals surface area contributed by atoms with Gasteiger partial charge in [-0.2, -0.15) is 0 Å². The normalized spacial score (nSPS) is 12.6. The van der Waals surface area contributed by atoms with E-state index in [-0.39, 0.29) is 17.5 Å². The molecule has 0 fully saturated rings. The molecule has 1 atom stereocenters. The molecular formula is C13H16ClF2NO. The third kappa shape index (κ3) is 3.67. The first-order valence-corrected chi connectivity index (χ1v) is 6.31. The van der Waals surface area contributed by atoms with Crippen LogP contribution in [0, 0.1) is 17.6 Å². The molecule has 0 aliphatic carbocycles. The number of benzene rings is 1. The van der Waals surface area contributed by atoms with Crippen molar-refractivity contribution >= 4 is 17.5 Å². The highest BCUT2D eigenvalue weighted by molar-refractivity contribution is 6.17. The number of alkyl halides is 1. The van der Waals surface area contributed by atoms with Gasteiger partial charge in [0.25, 0.3) is 5.91 Å². The summed E-state index contributed by atoms with van der Waals surface area (Å²) in [6.07, 6.45) is 0.585. The summed E-state index contributed by atoms with van der Waals surface area (Å²) in [6.45, 7) is 3.86. The summed E-state index contributed by atoms with van der Waals surface area (Å²) in [4.78, 5) is 11.8. The zero-order chi connectivity index (χ0) is 13.7. The van der Waals surface area contributed by atoms with Crippen molar-refractivity contribution in [3.8, 4) is 0 Å². The fourth-order valence-electron chi connectivity index (χ4n) is 1.62. The minimum Gasteiger partial charge on any atom is -0.349 e. The van der Waals surface area contributed by atoms with E-state index in [9.17, 15) is 13.6 Å². The first kappa shape index (κ1) is 14.9. The van der Waals surface area contributed by atoms with Gasteiger partial charge in [0.1, 0.15) is 0 Å². The smallest absolute Gasteiger partial charge is 0.254 e. The van der Waals surface area contributed by atoms with Crippen LogP contribution in [0.5, 0.6) is 0 Å². The highest BCUT2D eigenvalue weighted by Gasteiger charge is 2.20. The Hall–Kier alpha value is -1.16. The highest BCUT2D eigenvalue weighted by Crippen LogP contribution is 2.13. The molecule has 0 bridgehead atoms. The third-order valence-electron chi connectivity index (χ3n) is 2.74. The summed E-state index contributed by atoms with van der Waals surface area (Å²) >= 11 is 5.64. The van der Waals surface area contributed by atoms with E-state index in [1.54, 1.807) is 0 Å². The monoisotopic (exact) mass is 275 g/mol. The molecule has 1 amide bonds. The Kier molecular flexibility index (Phi) is 5.54. The van der Waals surface area contributed by atoms with E-state index in [2.05, 4.69) is 5.32 Å². The van der Waals surface area contributed by atoms with Gasteiger partial charge < -0.3 is 5.32 Å². The molecule has 1 aromatic carbocycles. The zero-order valence-electron chi connectivity index (χ0n) is 10.3. The largest absolute Gasteiger partial charge is 0.349 e. The average molecular weight is 276 g/mol. The predicted molar refractivity (Wildman–Crippen MR) is 67.8 cm³/mol. The van der Waals surface area contributed by atoms with Crippen molar-refractivity contribution in [2.24, 2.45) is 5.92 Å². The van der Waals surface area contributed by atoms with Crippen molar-refractivity contribution in [1.82, 2.24) is 5.32 Å². The Morgan fingerprint density at radius 2 is 2.06 bits per heavy atom. The second kappa shape index (κ2) is 6.69. The first-order chi connectivity index (χ1) is 8.47. The molecule has 0 saturated carbocycles. The van der Waals surface area contributed by atoms with Crippen LogP contribution < -0.4 is 5.32 Å². The van der Waals surface area contributed by atoms with Crippen molar-refractivity contribution in [3.05, 3.63) is 35.4 Å². The van der Waals surface area contributed by atoms with Gasteiger partial charge in [-0.05, 0) is 24.5 Å². The van der Waals surface area contributed by atoms with Gasteiger partial charge in [0.05, 0.1) is 5.56 Å². The average Bonchev–Trinajstić information content (AvgIpc) is 2.31. The molecule has 1 rings (SSSR count). The first-order valence-electron chi connectivity index (χ1n) is 5.78. The minimum atomic E-state index is -1.12. The lowest BCUT2D eigenvalue weighted by Gasteiger charge is -2.21. The Bertz CT molecular complexity index is 423. The van der Waals surface area contributed by atoms with Crippen LogP contribution in [-0.4, -0.2) is 17.8 Å². The number of halogens is 3. The molecule has 0 aromatic heterocycles. The number of hydrogen-bond acceptors (Lipinski definition) is 1. The van der Waals surface area contributed by atoms with Crippen molar-refractivity contribution in [1.29, 1.82) is 0 Å². The fraction of sp³-hybridized carbons (Fsp3) is 0.462. The van der Waals surface area contributed by atoms with Gasteiger partial charge in [0.2, 0.25) is 0 Å². The molecule has 1 aromatic rings. The van der Waals surface area contributed by atoms with Crippen LogP contribution in [0.3, 0.4) is 0 Å². The zero-order valence-corrected chi connectivity index (χ0v) is 11.1. The molecule has 0 aliphatic rings. The number of amides is 1. The van der Waals surface area contributed by atoms with Crippen LogP contribution in [0.15, 0.2) is 18.2 Å². The second-order valence-electron chi connectivity index (χ2n) is 4.40. The van der Waals surface area contributed by atoms with Crippen LogP contribution in [0.1, 0.15) is 30.6 Å². The van der Waals surface area contributed by atoms with Gasteiger partial charge in [-0.15, -0.1) is 11.6 Å². The van der Waals surface area contributed by atoms with Gasteiger partial charge in [-0.3, -0.25) is 4.79 Å². The number of nitrogens with one attached hydrogen (secondary N) is 1. The molecule has 1 unspecified atom stereocenters. The standard InChI is InChI=1S/C13H16ClF2NO/c1-8(2)11(6-7-14)17-13(18)9-4-3-5-10(15)12(9)16/h3-5,8,11H,6-7H2,1-2H3,(H,17,18). The quantitative estimate of drug-likeness (QED) is 0.821. The van der Waals surface area contributed by atoms with Crippen molar-refractivity contribution in [2.75, 3.05) is 5.88 Å². The van der Waals surface area contributed by atoms with Crippen LogP contribution in [0.2, 0.25) is 0 Å². The maximum Gasteiger partial charge on any atom is 0.254 e. The highest BCUT2D eigenvalue weighted by atomic mass is 35.5. The van der Waals surface area contributed by atoms with Gasteiger partial charge in [0, 0.05) is 11.9 Å². The maximum atomic E-state index is 13.4. The summed E-state index contributed by atoms with van der Waals surface area (Å²) < 4.78 is 26.4. The SMILES string of the molecule is CC(C)C(CCCl)NC(=O)c1cccc(F)c1F. The summed E-state index contributed by atoms with van der Waals surface area (Å²) in [7, 11) is 0. The molecule has 5 heteroatoms. The molecule has 0 saturated heterocycles. The molecule has 0 heterocycles. The van der Waals surface area contributed by atoms with Gasteiger partial charge in [-0.1, -0.05) is 19.9 Å². The van der Waals surface area contributed by atoms with Crippen LogP contribution in [0.25, 0.3) is 0 Å². The van der Waals surface area contributed by atoms with Crippen molar-refractivity contribution in [3.63, 3.8) is 0 Å². The Balaban J connectivity index is 2.84. The lowest BCUT2D eigenvalue weighted by atomic mass is 10.0. The van der Waals surface area contributed by atoms with Gasteiger partial charge in [-0.25, -0.2) is 8.78 Å². The Morgan fingerprint density at radius 3 is 2.61 bits per heavy atom. The molecule has 0 radical (unpaired) electrons. The Morgan fingerprint density at radius 1 is 1.39 bits per heavy atom. The second-order valence-corrected chi connectivity index (χ2v) is 4.78. The molecule has 2 nitrogen and oxygen atoms in total. The van der Waals surface area contributed by atoms with Gasteiger partial charge >= 0.3 is 0 Å². The number of hydrogen-bond donors (Lipinski definition) is 1. The van der Waals surface area contributed by atoms with E-state index in [0.29, 0.717) is 12.3 Å². The topological polar surface area (TPSA) is 29.1 Å². The van der Waals surface area contributed by atoms with Crippen LogP contribution in [-0.2, 0) is 0 Å². The lowest BCUT2D eigenvalue weighted by molar-refractivity contribution is 0.0919. The van der Waals surface area contributed by atoms with E-state index in [4.69, 9.17) is 11.6 Å². The molecule has 1 N–H and O–H groups in total. The molecule has 100 valence electrons. The fourth-order valence-corrected chi connectivity index (χ4v) is 1.85. The van der Waals surface area contributed by atoms with E-state index < -0.39 is 17.5 Å². The Labute approximate surface area is 110 Å². The van der Waals surface area contributed by atoms with E-state index in [1.165, 1.54) is 12.1 Å². The van der Waals surface area contributed by atoms with Crippen molar-refractivity contribution in [2.45, 2.75) is 26.3 Å². The number of rotatable bonds is 5. The van der Waals surface area contributed by atoms with E-state index in [1.807, 2.05) is 13.8 Å². The maximum absolute atomic E-state index is 13.4. The molecule has 18 heavy (non-hydrogen) atoms. The van der Waals surface area contributed by atoms with E-state index in [0.717, 1.165) is 6.07 Å². The molecule has 0 aliphatic heterocycles. The third-order valence-corrected chi connectivity index (χ3v) is 2.96. The van der Waals surface area contributed by atoms with Crippen LogP contribution >= 0.6 is 11.6 Å². The summed E-state index contributed by atoms with van der Waals surface area (Å²) in [5.74, 6) is -2.20. The van der Waals surface area contributed by atoms with Crippen LogP contribution in [0.4, 0.5) is 8.78 Å². The van der Waals surface area contributed by atoms with Gasteiger partial charge in [0.15, 0.2) is 11.6 Å². The molecule has 0 spiro atoms. The summed E-state index contributed by atoms with van der Waals surface area (Å²) in [5, 5.41) is 2.67. The molecular weight excluding hydrogens is 260 g/mol. The van der Waals surface area contributed by atoms with E-state index >= 15 is 0 Å². The summed E-state index contributed by atoms with van der Waals surface area (Å²) in [5.41, 5.74) is -0.282. The summed E-state index contributed by atoms with van der Waals surface area (Å²) in [6, 6.07) is 3.38. The number of carbonyl (C=O) groups is 1. The lowest BCUT2D eigenvalue weighted by Crippen LogP contribution is -2.39.